The monoisotopic (exact) mass is 275 g/mol. The molecule has 1 aliphatic rings. The van der Waals surface area contributed by atoms with Gasteiger partial charge in [-0.2, -0.15) is 0 Å². The van der Waals surface area contributed by atoms with Gasteiger partial charge < -0.3 is 9.64 Å². The number of anilines is 1. The van der Waals surface area contributed by atoms with E-state index in [0.29, 0.717) is 6.61 Å². The third-order valence-electron chi connectivity index (χ3n) is 3.75. The van der Waals surface area contributed by atoms with Crippen LogP contribution in [0.15, 0.2) is 24.3 Å². The van der Waals surface area contributed by atoms with Gasteiger partial charge in [-0.3, -0.25) is 4.79 Å². The minimum atomic E-state index is -0.273. The molecule has 1 unspecified atom stereocenters. The van der Waals surface area contributed by atoms with Crippen molar-refractivity contribution in [3.63, 3.8) is 0 Å². The second-order valence-corrected chi connectivity index (χ2v) is 7.54. The van der Waals surface area contributed by atoms with Crippen molar-refractivity contribution in [2.45, 2.75) is 47.1 Å². The highest BCUT2D eigenvalue weighted by Gasteiger charge is 2.42. The minimum Gasteiger partial charge on any atom is -0.491 e. The highest BCUT2D eigenvalue weighted by atomic mass is 16.5. The van der Waals surface area contributed by atoms with E-state index < -0.39 is 0 Å². The van der Waals surface area contributed by atoms with Gasteiger partial charge in [-0.15, -0.1) is 0 Å². The maximum absolute atomic E-state index is 13.0. The van der Waals surface area contributed by atoms with Gasteiger partial charge in [0.05, 0.1) is 11.6 Å². The van der Waals surface area contributed by atoms with E-state index in [2.05, 4.69) is 41.5 Å². The number of hydrogen-bond donors (Lipinski definition) is 0. The summed E-state index contributed by atoms with van der Waals surface area (Å²) < 4.78 is 5.92. The highest BCUT2D eigenvalue weighted by molar-refractivity contribution is 5.98. The Morgan fingerprint density at radius 2 is 1.70 bits per heavy atom. The number of rotatable bonds is 0. The molecule has 1 aromatic rings. The normalized spacial score (nSPS) is 20.2. The molecule has 0 N–H and O–H groups in total. The molecule has 0 aromatic heterocycles. The highest BCUT2D eigenvalue weighted by Crippen LogP contribution is 2.40. The van der Waals surface area contributed by atoms with Crippen LogP contribution in [-0.4, -0.2) is 18.1 Å². The van der Waals surface area contributed by atoms with Crippen LogP contribution in [0.5, 0.6) is 5.75 Å². The van der Waals surface area contributed by atoms with Crippen LogP contribution in [0.4, 0.5) is 5.69 Å². The van der Waals surface area contributed by atoms with Gasteiger partial charge in [0.15, 0.2) is 0 Å². The Morgan fingerprint density at radius 1 is 1.10 bits per heavy atom. The topological polar surface area (TPSA) is 29.5 Å². The molecule has 0 aliphatic carbocycles. The average Bonchev–Trinajstić information content (AvgIpc) is 2.42. The van der Waals surface area contributed by atoms with Crippen LogP contribution in [0.2, 0.25) is 0 Å². The third-order valence-corrected chi connectivity index (χ3v) is 3.75. The average molecular weight is 275 g/mol. The Kier molecular flexibility index (Phi) is 3.57. The zero-order valence-electron chi connectivity index (χ0n) is 13.4. The lowest BCUT2D eigenvalue weighted by Gasteiger charge is -2.39. The van der Waals surface area contributed by atoms with Gasteiger partial charge in [0.1, 0.15) is 12.4 Å². The van der Waals surface area contributed by atoms with Crippen molar-refractivity contribution in [1.29, 1.82) is 0 Å². The second kappa shape index (κ2) is 4.80. The van der Waals surface area contributed by atoms with Crippen molar-refractivity contribution in [3.8, 4) is 5.75 Å². The summed E-state index contributed by atoms with van der Waals surface area (Å²) in [6, 6.07) is 7.79. The van der Waals surface area contributed by atoms with E-state index >= 15 is 0 Å². The van der Waals surface area contributed by atoms with E-state index in [0.717, 1.165) is 11.4 Å². The number of hydrogen-bond acceptors (Lipinski definition) is 2. The van der Waals surface area contributed by atoms with E-state index in [1.165, 1.54) is 0 Å². The first-order valence-corrected chi connectivity index (χ1v) is 7.18. The molecule has 110 valence electrons. The first-order chi connectivity index (χ1) is 9.12. The molecule has 2 rings (SSSR count). The molecule has 0 saturated heterocycles. The fourth-order valence-corrected chi connectivity index (χ4v) is 2.60. The summed E-state index contributed by atoms with van der Waals surface area (Å²) in [5.41, 5.74) is 0.476. The van der Waals surface area contributed by atoms with Crippen molar-refractivity contribution >= 4 is 11.6 Å². The van der Waals surface area contributed by atoms with Gasteiger partial charge in [0, 0.05) is 5.54 Å². The van der Waals surface area contributed by atoms with Crippen molar-refractivity contribution in [1.82, 2.24) is 0 Å². The zero-order chi connectivity index (χ0) is 15.1. The van der Waals surface area contributed by atoms with Gasteiger partial charge in [-0.25, -0.2) is 0 Å². The van der Waals surface area contributed by atoms with E-state index in [4.69, 9.17) is 4.74 Å². The lowest BCUT2D eigenvalue weighted by molar-refractivity contribution is -0.127. The minimum absolute atomic E-state index is 0.122. The summed E-state index contributed by atoms with van der Waals surface area (Å²) in [5.74, 6) is 0.798. The van der Waals surface area contributed by atoms with Crippen molar-refractivity contribution in [2.24, 2.45) is 11.3 Å². The van der Waals surface area contributed by atoms with E-state index in [9.17, 15) is 4.79 Å². The Morgan fingerprint density at radius 3 is 2.25 bits per heavy atom. The third kappa shape index (κ3) is 2.67. The van der Waals surface area contributed by atoms with Crippen molar-refractivity contribution in [3.05, 3.63) is 24.3 Å². The second-order valence-electron chi connectivity index (χ2n) is 7.54. The Hall–Kier alpha value is -1.51. The zero-order valence-corrected chi connectivity index (χ0v) is 13.4. The first-order valence-electron chi connectivity index (χ1n) is 7.18. The molecule has 1 amide bonds. The van der Waals surface area contributed by atoms with Crippen LogP contribution in [0.3, 0.4) is 0 Å². The molecule has 1 heterocycles. The summed E-state index contributed by atoms with van der Waals surface area (Å²) in [7, 11) is 0. The number of ether oxygens (including phenoxy) is 1. The SMILES string of the molecule is CC(C)(C)C1COc2ccccc2N(C(C)(C)C)C1=O. The van der Waals surface area contributed by atoms with Gasteiger partial charge >= 0.3 is 0 Å². The summed E-state index contributed by atoms with van der Waals surface area (Å²) in [6.45, 7) is 12.9. The van der Waals surface area contributed by atoms with Crippen LogP contribution >= 0.6 is 0 Å². The maximum atomic E-state index is 13.0. The molecule has 1 atom stereocenters. The summed E-state index contributed by atoms with van der Waals surface area (Å²) in [5, 5.41) is 0. The predicted octanol–water partition coefficient (Wildman–Crippen LogP) is 3.87. The number of fused-ring (bicyclic) bond motifs is 1. The lowest BCUT2D eigenvalue weighted by atomic mass is 9.79. The molecule has 20 heavy (non-hydrogen) atoms. The van der Waals surface area contributed by atoms with Gasteiger partial charge in [0.2, 0.25) is 5.91 Å². The molecule has 1 aromatic carbocycles. The molecular formula is C17H25NO2. The number of carbonyl (C=O) groups excluding carboxylic acids is 1. The number of para-hydroxylation sites is 2. The van der Waals surface area contributed by atoms with Crippen LogP contribution < -0.4 is 9.64 Å². The van der Waals surface area contributed by atoms with Crippen molar-refractivity contribution in [2.75, 3.05) is 11.5 Å². The summed E-state index contributed by atoms with van der Waals surface area (Å²) in [6.07, 6.45) is 0. The molecule has 0 radical (unpaired) electrons. The van der Waals surface area contributed by atoms with Crippen LogP contribution in [0, 0.1) is 11.3 Å². The van der Waals surface area contributed by atoms with Gasteiger partial charge in [-0.1, -0.05) is 32.9 Å². The molecule has 0 saturated carbocycles. The molecule has 3 nitrogen and oxygen atoms in total. The largest absolute Gasteiger partial charge is 0.491 e. The number of amides is 1. The molecule has 0 spiro atoms. The summed E-state index contributed by atoms with van der Waals surface area (Å²) in [4.78, 5) is 14.9. The standard InChI is InChI=1S/C17H25NO2/c1-16(2,3)12-11-20-14-10-8-7-9-13(14)18(15(12)19)17(4,5)6/h7-10,12H,11H2,1-6H3. The number of carbonyl (C=O) groups is 1. The van der Waals surface area contributed by atoms with Gasteiger partial charge in [0.25, 0.3) is 0 Å². The van der Waals surface area contributed by atoms with Crippen molar-refractivity contribution < 1.29 is 9.53 Å². The van der Waals surface area contributed by atoms with E-state index in [-0.39, 0.29) is 22.8 Å². The quantitative estimate of drug-likeness (QED) is 0.719. The Balaban J connectivity index is 2.55. The smallest absolute Gasteiger partial charge is 0.234 e. The maximum Gasteiger partial charge on any atom is 0.234 e. The molecule has 3 heteroatoms. The summed E-state index contributed by atoms with van der Waals surface area (Å²) >= 11 is 0. The Labute approximate surface area is 121 Å². The van der Waals surface area contributed by atoms with Gasteiger partial charge in [-0.05, 0) is 38.3 Å². The Bertz CT molecular complexity index is 508. The number of benzene rings is 1. The van der Waals surface area contributed by atoms with Crippen LogP contribution in [0.25, 0.3) is 0 Å². The van der Waals surface area contributed by atoms with E-state index in [1.54, 1.807) is 0 Å². The number of nitrogens with zero attached hydrogens (tertiary/aromatic N) is 1. The van der Waals surface area contributed by atoms with Crippen LogP contribution in [-0.2, 0) is 4.79 Å². The lowest BCUT2D eigenvalue weighted by Crippen LogP contribution is -2.51. The molecule has 0 fully saturated rings. The fourth-order valence-electron chi connectivity index (χ4n) is 2.60. The molecular weight excluding hydrogens is 250 g/mol. The fraction of sp³-hybridized carbons (Fsp3) is 0.588. The predicted molar refractivity (Wildman–Crippen MR) is 82.1 cm³/mol. The van der Waals surface area contributed by atoms with E-state index in [1.807, 2.05) is 29.2 Å². The molecule has 1 aliphatic heterocycles. The first kappa shape index (κ1) is 14.9. The van der Waals surface area contributed by atoms with Crippen LogP contribution in [0.1, 0.15) is 41.5 Å². The molecule has 0 bridgehead atoms.